The molecular formula is C12H21N3O6S. The van der Waals surface area contributed by atoms with Crippen LogP contribution in [0.1, 0.15) is 21.1 Å². The number of esters is 2. The molecule has 0 aromatic carbocycles. The molecule has 0 aromatic rings. The summed E-state index contributed by atoms with van der Waals surface area (Å²) in [5, 5.41) is 4.35. The van der Waals surface area contributed by atoms with Gasteiger partial charge in [0.15, 0.2) is 0 Å². The number of hydrogen-bond donors (Lipinski definition) is 4. The van der Waals surface area contributed by atoms with Gasteiger partial charge in [-0.1, -0.05) is 0 Å². The summed E-state index contributed by atoms with van der Waals surface area (Å²) < 4.78 is 48.8. The van der Waals surface area contributed by atoms with E-state index in [1.807, 2.05) is 0 Å². The van der Waals surface area contributed by atoms with Crippen molar-refractivity contribution in [3.8, 4) is 0 Å². The SMILES string of the molecule is [2H]C([2H])([2H])OC(=O)CNC(=O)[C@H](CS)NC(=O)CC[C@H](N)C(=O)OC([2H])([2H])[2H]. The molecule has 2 atom stereocenters. The van der Waals surface area contributed by atoms with Crippen LogP contribution >= 0.6 is 12.6 Å². The van der Waals surface area contributed by atoms with E-state index < -0.39 is 56.5 Å². The van der Waals surface area contributed by atoms with Gasteiger partial charge in [0.1, 0.15) is 18.6 Å². The van der Waals surface area contributed by atoms with Crippen molar-refractivity contribution in [1.29, 1.82) is 0 Å². The fourth-order valence-corrected chi connectivity index (χ4v) is 1.52. The molecule has 0 unspecified atom stereocenters. The molecule has 0 aromatic heterocycles. The second-order valence-corrected chi connectivity index (χ2v) is 4.43. The Balaban J connectivity index is 4.42. The van der Waals surface area contributed by atoms with Gasteiger partial charge in [-0.2, -0.15) is 12.6 Å². The summed E-state index contributed by atoms with van der Waals surface area (Å²) in [5.41, 5.74) is 5.43. The van der Waals surface area contributed by atoms with Gasteiger partial charge in [0.05, 0.1) is 22.3 Å². The maximum Gasteiger partial charge on any atom is 0.325 e. The van der Waals surface area contributed by atoms with Gasteiger partial charge < -0.3 is 25.8 Å². The van der Waals surface area contributed by atoms with Crippen LogP contribution in [0.4, 0.5) is 0 Å². The molecule has 0 heterocycles. The number of carbonyl (C=O) groups excluding carboxylic acids is 4. The minimum Gasteiger partial charge on any atom is -0.468 e. The summed E-state index contributed by atoms with van der Waals surface area (Å²) in [4.78, 5) is 46.4. The standard InChI is InChI=1S/C12H21N3O6S/c1-20-10(17)5-14-11(18)8(6-22)15-9(16)4-3-7(13)12(19)21-2/h7-8,22H,3-6,13H2,1-2H3,(H,14,18)(H,15,16)/t7-,8-/m0/s1/i1D3,2D3. The van der Waals surface area contributed by atoms with Gasteiger partial charge in [-0.25, -0.2) is 0 Å². The van der Waals surface area contributed by atoms with Crippen molar-refractivity contribution in [2.45, 2.75) is 24.9 Å². The van der Waals surface area contributed by atoms with Crippen molar-refractivity contribution in [3.05, 3.63) is 0 Å². The smallest absolute Gasteiger partial charge is 0.325 e. The van der Waals surface area contributed by atoms with E-state index in [1.165, 1.54) is 0 Å². The maximum absolute atomic E-state index is 11.9. The third-order valence-corrected chi connectivity index (χ3v) is 2.81. The number of hydrogen-bond acceptors (Lipinski definition) is 8. The van der Waals surface area contributed by atoms with E-state index in [4.69, 9.17) is 14.0 Å². The summed E-state index contributed by atoms with van der Waals surface area (Å²) in [7, 11) is -5.90. The van der Waals surface area contributed by atoms with Crippen LogP contribution < -0.4 is 16.4 Å². The molecule has 126 valence electrons. The van der Waals surface area contributed by atoms with Gasteiger partial charge >= 0.3 is 11.9 Å². The summed E-state index contributed by atoms with van der Waals surface area (Å²) in [6.07, 6.45) is -0.567. The van der Waals surface area contributed by atoms with Crippen LogP contribution in [-0.4, -0.2) is 62.2 Å². The fraction of sp³-hybridized carbons (Fsp3) is 0.667. The Morgan fingerprint density at radius 2 is 1.95 bits per heavy atom. The van der Waals surface area contributed by atoms with Gasteiger partial charge in [0.25, 0.3) is 0 Å². The van der Waals surface area contributed by atoms with E-state index in [1.54, 1.807) is 0 Å². The highest BCUT2D eigenvalue weighted by molar-refractivity contribution is 7.80. The Kier molecular flexibility index (Phi) is 5.78. The van der Waals surface area contributed by atoms with Gasteiger partial charge in [0.2, 0.25) is 11.8 Å². The predicted molar refractivity (Wildman–Crippen MR) is 80.0 cm³/mol. The first-order chi connectivity index (χ1) is 12.6. The molecule has 0 fully saturated rings. The lowest BCUT2D eigenvalue weighted by Gasteiger charge is -2.16. The monoisotopic (exact) mass is 341 g/mol. The van der Waals surface area contributed by atoms with Crippen molar-refractivity contribution < 1.29 is 36.9 Å². The van der Waals surface area contributed by atoms with Crippen LogP contribution in [0.2, 0.25) is 0 Å². The summed E-state index contributed by atoms with van der Waals surface area (Å²) in [6, 6.07) is -2.52. The number of rotatable bonds is 9. The van der Waals surface area contributed by atoms with Crippen LogP contribution in [0.3, 0.4) is 0 Å². The van der Waals surface area contributed by atoms with Crippen molar-refractivity contribution in [3.63, 3.8) is 0 Å². The second-order valence-electron chi connectivity index (χ2n) is 4.06. The van der Waals surface area contributed by atoms with E-state index in [0.29, 0.717) is 0 Å². The topological polar surface area (TPSA) is 137 Å². The van der Waals surface area contributed by atoms with Crippen molar-refractivity contribution >= 4 is 36.4 Å². The molecule has 0 saturated carbocycles. The highest BCUT2D eigenvalue weighted by Gasteiger charge is 2.21. The molecule has 9 nitrogen and oxygen atoms in total. The fourth-order valence-electron chi connectivity index (χ4n) is 1.26. The molecule has 4 N–H and O–H groups in total. The predicted octanol–water partition coefficient (Wildman–Crippen LogP) is -2.03. The van der Waals surface area contributed by atoms with Gasteiger partial charge in [-0.15, -0.1) is 0 Å². The molecule has 0 aliphatic rings. The first kappa shape index (κ1) is 11.7. The maximum atomic E-state index is 11.9. The lowest BCUT2D eigenvalue weighted by molar-refractivity contribution is -0.142. The molecule has 0 rings (SSSR count). The Morgan fingerprint density at radius 1 is 1.27 bits per heavy atom. The minimum atomic E-state index is -2.95. The molecule has 22 heavy (non-hydrogen) atoms. The summed E-state index contributed by atoms with van der Waals surface area (Å²) >= 11 is 3.89. The highest BCUT2D eigenvalue weighted by atomic mass is 32.1. The molecule has 0 bridgehead atoms. The van der Waals surface area contributed by atoms with E-state index in [0.717, 1.165) is 0 Å². The third-order valence-electron chi connectivity index (χ3n) is 2.44. The molecule has 10 heteroatoms. The average Bonchev–Trinajstić information content (AvgIpc) is 2.52. The molecule has 0 aliphatic carbocycles. The Morgan fingerprint density at radius 3 is 2.55 bits per heavy atom. The molecule has 0 radical (unpaired) electrons. The van der Waals surface area contributed by atoms with Crippen LogP contribution in [0.5, 0.6) is 0 Å². The minimum absolute atomic E-state index is 0.154. The zero-order chi connectivity index (χ0) is 22.1. The lowest BCUT2D eigenvalue weighted by Crippen LogP contribution is -2.49. The van der Waals surface area contributed by atoms with Crippen LogP contribution in [0.15, 0.2) is 0 Å². The molecule has 0 aliphatic heterocycles. The largest absolute Gasteiger partial charge is 0.468 e. The third kappa shape index (κ3) is 7.84. The highest BCUT2D eigenvalue weighted by Crippen LogP contribution is 1.98. The van der Waals surface area contributed by atoms with Crippen molar-refractivity contribution in [1.82, 2.24) is 10.6 Å². The van der Waals surface area contributed by atoms with E-state index >= 15 is 0 Å². The van der Waals surface area contributed by atoms with Gasteiger partial charge in [-0.05, 0) is 6.42 Å². The Bertz CT molecular complexity index is 585. The van der Waals surface area contributed by atoms with E-state index in [-0.39, 0.29) is 18.6 Å². The molecule has 0 saturated heterocycles. The quantitative estimate of drug-likeness (QED) is 0.280. The summed E-state index contributed by atoms with van der Waals surface area (Å²) in [5.74, 6) is -4.08. The number of amides is 2. The Hall–Kier alpha value is -1.81. The van der Waals surface area contributed by atoms with Crippen molar-refractivity contribution in [2.75, 3.05) is 26.4 Å². The molecule has 2 amide bonds. The number of ether oxygens (including phenoxy) is 2. The first-order valence-electron chi connectivity index (χ1n) is 9.03. The van der Waals surface area contributed by atoms with E-state index in [9.17, 15) is 19.2 Å². The zero-order valence-electron chi connectivity index (χ0n) is 17.5. The first-order valence-corrected chi connectivity index (χ1v) is 6.66. The van der Waals surface area contributed by atoms with Crippen LogP contribution in [0, 0.1) is 0 Å². The number of nitrogens with one attached hydrogen (secondary N) is 2. The summed E-state index contributed by atoms with van der Waals surface area (Å²) in [6.45, 7) is -0.733. The Labute approximate surface area is 142 Å². The molecular weight excluding hydrogens is 314 g/mol. The van der Waals surface area contributed by atoms with E-state index in [2.05, 4.69) is 32.7 Å². The second kappa shape index (κ2) is 10.9. The number of thiol groups is 1. The van der Waals surface area contributed by atoms with Gasteiger partial charge in [-0.3, -0.25) is 19.2 Å². The average molecular weight is 341 g/mol. The van der Waals surface area contributed by atoms with Crippen LogP contribution in [0.25, 0.3) is 0 Å². The normalized spacial score (nSPS) is 17.9. The van der Waals surface area contributed by atoms with Crippen LogP contribution in [-0.2, 0) is 28.7 Å². The number of methoxy groups -OCH3 is 2. The van der Waals surface area contributed by atoms with Gasteiger partial charge in [0, 0.05) is 12.2 Å². The lowest BCUT2D eigenvalue weighted by atomic mass is 10.1. The van der Waals surface area contributed by atoms with Crippen molar-refractivity contribution in [2.24, 2.45) is 5.73 Å². The molecule has 0 spiro atoms. The number of nitrogens with two attached hydrogens (primary N) is 1. The zero-order valence-corrected chi connectivity index (χ0v) is 12.4. The number of carbonyl (C=O) groups is 4.